The van der Waals surface area contributed by atoms with Crippen molar-refractivity contribution in [1.82, 2.24) is 4.90 Å². The van der Waals surface area contributed by atoms with Crippen molar-refractivity contribution in [3.05, 3.63) is 0 Å². The molecular weight excluding hydrogens is 218 g/mol. The Balaban J connectivity index is 1.54. The summed E-state index contributed by atoms with van der Waals surface area (Å²) >= 11 is 0. The lowest BCUT2D eigenvalue weighted by Crippen LogP contribution is -2.67. The molecule has 2 saturated heterocycles. The molecule has 1 aliphatic carbocycles. The fourth-order valence-corrected chi connectivity index (χ4v) is 3.11. The highest BCUT2D eigenvalue weighted by Crippen LogP contribution is 2.43. The van der Waals surface area contributed by atoms with Crippen LogP contribution in [0.15, 0.2) is 0 Å². The molecule has 0 aromatic heterocycles. The average Bonchev–Trinajstić information content (AvgIpc) is 3.02. The molecule has 1 amide bonds. The number of carbonyl (C=O) groups is 1. The number of methoxy groups -OCH3 is 1. The third-order valence-electron chi connectivity index (χ3n) is 4.48. The molecule has 2 heterocycles. The normalized spacial score (nSPS) is 38.9. The molecule has 17 heavy (non-hydrogen) atoms. The predicted molar refractivity (Wildman–Crippen MR) is 62.6 cm³/mol. The monoisotopic (exact) mass is 239 g/mol. The van der Waals surface area contributed by atoms with Gasteiger partial charge in [-0.25, -0.2) is 0 Å². The Labute approximate surface area is 102 Å². The maximum atomic E-state index is 12.0. The molecule has 2 aliphatic heterocycles. The first-order chi connectivity index (χ1) is 8.13. The van der Waals surface area contributed by atoms with E-state index in [0.717, 1.165) is 39.0 Å². The van der Waals surface area contributed by atoms with Crippen molar-refractivity contribution in [2.45, 2.75) is 37.9 Å². The van der Waals surface area contributed by atoms with Crippen LogP contribution in [0.25, 0.3) is 0 Å². The Kier molecular flexibility index (Phi) is 2.67. The minimum absolute atomic E-state index is 0.0906. The van der Waals surface area contributed by atoms with Crippen molar-refractivity contribution in [3.8, 4) is 0 Å². The molecule has 0 N–H and O–H groups in total. The minimum atomic E-state index is -0.0906. The summed E-state index contributed by atoms with van der Waals surface area (Å²) in [5, 5.41) is 0. The Bertz CT molecular complexity index is 325. The van der Waals surface area contributed by atoms with Crippen molar-refractivity contribution < 1.29 is 14.3 Å². The molecule has 0 radical (unpaired) electrons. The van der Waals surface area contributed by atoms with Crippen LogP contribution >= 0.6 is 0 Å². The number of ether oxygens (including phenoxy) is 2. The fraction of sp³-hybridized carbons (Fsp3) is 0.923. The van der Waals surface area contributed by atoms with Crippen LogP contribution in [0.1, 0.15) is 26.2 Å². The van der Waals surface area contributed by atoms with Crippen LogP contribution in [0.4, 0.5) is 0 Å². The fourth-order valence-electron chi connectivity index (χ4n) is 3.11. The first kappa shape index (κ1) is 11.5. The molecule has 0 bridgehead atoms. The first-order valence-corrected chi connectivity index (χ1v) is 6.59. The van der Waals surface area contributed by atoms with Gasteiger partial charge in [-0.05, 0) is 18.8 Å². The summed E-state index contributed by atoms with van der Waals surface area (Å²) in [7, 11) is 1.76. The minimum Gasteiger partial charge on any atom is -0.381 e. The van der Waals surface area contributed by atoms with Gasteiger partial charge in [0.1, 0.15) is 5.60 Å². The zero-order valence-electron chi connectivity index (χ0n) is 10.6. The van der Waals surface area contributed by atoms with Gasteiger partial charge in [-0.2, -0.15) is 0 Å². The van der Waals surface area contributed by atoms with Crippen LogP contribution in [0, 0.1) is 11.8 Å². The number of nitrogens with zero attached hydrogens (tertiary/aromatic N) is 1. The van der Waals surface area contributed by atoms with Gasteiger partial charge < -0.3 is 14.4 Å². The van der Waals surface area contributed by atoms with E-state index in [2.05, 4.69) is 6.92 Å². The number of likely N-dealkylation sites (tertiary alicyclic amines) is 1. The van der Waals surface area contributed by atoms with Crippen molar-refractivity contribution in [2.75, 3.05) is 26.8 Å². The molecule has 96 valence electrons. The summed E-state index contributed by atoms with van der Waals surface area (Å²) < 4.78 is 11.3. The van der Waals surface area contributed by atoms with Crippen molar-refractivity contribution in [3.63, 3.8) is 0 Å². The van der Waals surface area contributed by atoms with Gasteiger partial charge in [0.25, 0.3) is 0 Å². The molecule has 0 aromatic rings. The maximum absolute atomic E-state index is 12.0. The molecule has 0 aromatic carbocycles. The second kappa shape index (κ2) is 3.95. The lowest BCUT2D eigenvalue weighted by Gasteiger charge is -2.53. The summed E-state index contributed by atoms with van der Waals surface area (Å²) in [6, 6.07) is 0. The summed E-state index contributed by atoms with van der Waals surface area (Å²) in [5.41, 5.74) is -0.0906. The molecule has 3 aliphatic rings. The molecule has 3 atom stereocenters. The van der Waals surface area contributed by atoms with Gasteiger partial charge in [-0.15, -0.1) is 0 Å². The highest BCUT2D eigenvalue weighted by atomic mass is 16.5. The predicted octanol–water partition coefficient (Wildman–Crippen LogP) is 1.05. The smallest absolute Gasteiger partial charge is 0.226 e. The Morgan fingerprint density at radius 1 is 1.47 bits per heavy atom. The molecule has 3 fully saturated rings. The van der Waals surface area contributed by atoms with Crippen LogP contribution in [-0.4, -0.2) is 49.3 Å². The zero-order valence-corrected chi connectivity index (χ0v) is 10.6. The van der Waals surface area contributed by atoms with E-state index in [9.17, 15) is 4.79 Å². The highest BCUT2D eigenvalue weighted by molar-refractivity contribution is 5.82. The number of hydrogen-bond donors (Lipinski definition) is 0. The van der Waals surface area contributed by atoms with Gasteiger partial charge in [0.05, 0.1) is 19.2 Å². The van der Waals surface area contributed by atoms with Crippen molar-refractivity contribution in [2.24, 2.45) is 11.8 Å². The largest absolute Gasteiger partial charge is 0.381 e. The van der Waals surface area contributed by atoms with Crippen molar-refractivity contribution >= 4 is 5.91 Å². The van der Waals surface area contributed by atoms with E-state index in [1.165, 1.54) is 0 Å². The molecule has 1 spiro atoms. The quantitative estimate of drug-likeness (QED) is 0.723. The van der Waals surface area contributed by atoms with Gasteiger partial charge in [0.2, 0.25) is 5.91 Å². The zero-order chi connectivity index (χ0) is 12.0. The second-order valence-electron chi connectivity index (χ2n) is 5.90. The van der Waals surface area contributed by atoms with E-state index < -0.39 is 0 Å². The van der Waals surface area contributed by atoms with Crippen LogP contribution in [0.2, 0.25) is 0 Å². The van der Waals surface area contributed by atoms with Crippen molar-refractivity contribution in [1.29, 1.82) is 0 Å². The third-order valence-corrected chi connectivity index (χ3v) is 4.48. The van der Waals surface area contributed by atoms with E-state index in [0.29, 0.717) is 23.8 Å². The standard InChI is InChI=1S/C13H21NO3/c1-9-5-11(9)12(15)14-7-13(8-14)6-10(16-2)3-4-17-13/h9-11H,3-8H2,1-2H3. The Morgan fingerprint density at radius 2 is 2.18 bits per heavy atom. The van der Waals surface area contributed by atoms with Crippen LogP contribution in [0.3, 0.4) is 0 Å². The third kappa shape index (κ3) is 1.97. The van der Waals surface area contributed by atoms with E-state index in [-0.39, 0.29) is 5.60 Å². The summed E-state index contributed by atoms with van der Waals surface area (Å²) in [6.07, 6.45) is 3.30. The van der Waals surface area contributed by atoms with Gasteiger partial charge in [0.15, 0.2) is 0 Å². The Morgan fingerprint density at radius 3 is 2.76 bits per heavy atom. The van der Waals surface area contributed by atoms with E-state index in [1.807, 2.05) is 4.90 Å². The number of rotatable bonds is 2. The summed E-state index contributed by atoms with van der Waals surface area (Å²) in [5.74, 6) is 1.23. The molecular formula is C13H21NO3. The van der Waals surface area contributed by atoms with E-state index >= 15 is 0 Å². The maximum Gasteiger partial charge on any atom is 0.226 e. The molecule has 3 rings (SSSR count). The van der Waals surface area contributed by atoms with Gasteiger partial charge >= 0.3 is 0 Å². The van der Waals surface area contributed by atoms with Gasteiger partial charge in [0, 0.05) is 26.1 Å². The second-order valence-corrected chi connectivity index (χ2v) is 5.90. The molecule has 4 heteroatoms. The van der Waals surface area contributed by atoms with Crippen LogP contribution in [-0.2, 0) is 14.3 Å². The molecule has 1 saturated carbocycles. The van der Waals surface area contributed by atoms with Gasteiger partial charge in [-0.3, -0.25) is 4.79 Å². The van der Waals surface area contributed by atoms with Crippen LogP contribution < -0.4 is 0 Å². The topological polar surface area (TPSA) is 38.8 Å². The van der Waals surface area contributed by atoms with Gasteiger partial charge in [-0.1, -0.05) is 6.92 Å². The van der Waals surface area contributed by atoms with Crippen LogP contribution in [0.5, 0.6) is 0 Å². The lowest BCUT2D eigenvalue weighted by molar-refractivity contribution is -0.199. The van der Waals surface area contributed by atoms with E-state index in [4.69, 9.17) is 9.47 Å². The average molecular weight is 239 g/mol. The first-order valence-electron chi connectivity index (χ1n) is 6.59. The lowest BCUT2D eigenvalue weighted by atomic mass is 9.84. The summed E-state index contributed by atoms with van der Waals surface area (Å²) in [4.78, 5) is 14.0. The molecule has 3 unspecified atom stereocenters. The number of carbonyl (C=O) groups excluding carboxylic acids is 1. The van der Waals surface area contributed by atoms with E-state index in [1.54, 1.807) is 7.11 Å². The number of hydrogen-bond acceptors (Lipinski definition) is 3. The Hall–Kier alpha value is -0.610. The number of amides is 1. The summed E-state index contributed by atoms with van der Waals surface area (Å²) in [6.45, 7) is 4.46. The highest BCUT2D eigenvalue weighted by Gasteiger charge is 2.52. The molecule has 4 nitrogen and oxygen atoms in total. The SMILES string of the molecule is COC1CCOC2(C1)CN(C(=O)C1CC1C)C2.